The third-order valence-corrected chi connectivity index (χ3v) is 4.24. The van der Waals surface area contributed by atoms with Gasteiger partial charge in [-0.2, -0.15) is 4.37 Å². The maximum atomic E-state index is 4.97. The van der Waals surface area contributed by atoms with Crippen LogP contribution in [0.15, 0.2) is 20.3 Å². The monoisotopic (exact) mass is 259 g/mol. The highest BCUT2D eigenvalue weighted by Gasteiger charge is 2.06. The molecule has 0 spiro atoms. The fourth-order valence-corrected chi connectivity index (χ4v) is 3.40. The minimum atomic E-state index is 0.665. The van der Waals surface area contributed by atoms with Gasteiger partial charge in [-0.3, -0.25) is 0 Å². The van der Waals surface area contributed by atoms with Crippen LogP contribution >= 0.6 is 34.6 Å². The molecule has 2 heterocycles. The Labute approximate surface area is 99.9 Å². The first-order chi connectivity index (χ1) is 7.38. The summed E-state index contributed by atoms with van der Waals surface area (Å²) in [4.78, 5) is 8.56. The highest BCUT2D eigenvalue weighted by Crippen LogP contribution is 2.30. The Kier molecular flexibility index (Phi) is 4.07. The summed E-state index contributed by atoms with van der Waals surface area (Å²) in [5.41, 5.74) is 0. The van der Waals surface area contributed by atoms with Crippen LogP contribution in [0.5, 0.6) is 0 Å². The molecule has 0 saturated carbocycles. The second-order valence-electron chi connectivity index (χ2n) is 2.62. The van der Waals surface area contributed by atoms with Crippen LogP contribution in [0.3, 0.4) is 0 Å². The van der Waals surface area contributed by atoms with Crippen molar-refractivity contribution in [1.29, 1.82) is 0 Å². The van der Waals surface area contributed by atoms with Gasteiger partial charge < -0.3 is 4.74 Å². The molecule has 2 rings (SSSR count). The summed E-state index contributed by atoms with van der Waals surface area (Å²) in [6.45, 7) is 0.665. The van der Waals surface area contributed by atoms with E-state index in [0.29, 0.717) is 6.61 Å². The molecule has 0 aliphatic rings. The highest BCUT2D eigenvalue weighted by atomic mass is 32.2. The Hall–Kier alpha value is -0.500. The predicted octanol–water partition coefficient (Wildman–Crippen LogP) is 2.33. The van der Waals surface area contributed by atoms with Gasteiger partial charge in [-0.05, 0) is 23.3 Å². The van der Waals surface area contributed by atoms with Gasteiger partial charge in [0.1, 0.15) is 5.82 Å². The number of aromatic nitrogens is 3. The smallest absolute Gasteiger partial charge is 0.177 e. The summed E-state index contributed by atoms with van der Waals surface area (Å²) in [6.07, 6.45) is 2.56. The SMILES string of the molecule is COCCc1nsc(Sc2nccs2)n1. The second-order valence-corrected chi connectivity index (χ2v) is 5.76. The summed E-state index contributed by atoms with van der Waals surface area (Å²) in [5.74, 6) is 0.848. The van der Waals surface area contributed by atoms with Crippen LogP contribution in [0.2, 0.25) is 0 Å². The second kappa shape index (κ2) is 5.55. The first kappa shape index (κ1) is 11.0. The van der Waals surface area contributed by atoms with Gasteiger partial charge in [0.05, 0.1) is 6.61 Å². The molecular weight excluding hydrogens is 250 g/mol. The maximum absolute atomic E-state index is 4.97. The lowest BCUT2D eigenvalue weighted by Crippen LogP contribution is -1.95. The van der Waals surface area contributed by atoms with Gasteiger partial charge in [0.25, 0.3) is 0 Å². The molecule has 7 heteroatoms. The van der Waals surface area contributed by atoms with Crippen LogP contribution in [-0.4, -0.2) is 28.1 Å². The number of methoxy groups -OCH3 is 1. The molecule has 0 N–H and O–H groups in total. The van der Waals surface area contributed by atoms with Crippen molar-refractivity contribution in [2.75, 3.05) is 13.7 Å². The van der Waals surface area contributed by atoms with E-state index < -0.39 is 0 Å². The lowest BCUT2D eigenvalue weighted by atomic mass is 10.4. The zero-order valence-electron chi connectivity index (χ0n) is 8.04. The first-order valence-corrected chi connectivity index (χ1v) is 6.74. The van der Waals surface area contributed by atoms with Gasteiger partial charge in [0.2, 0.25) is 0 Å². The number of hydrogen-bond donors (Lipinski definition) is 0. The first-order valence-electron chi connectivity index (χ1n) is 4.27. The largest absolute Gasteiger partial charge is 0.384 e. The number of rotatable bonds is 5. The van der Waals surface area contributed by atoms with Crippen LogP contribution in [0, 0.1) is 0 Å². The molecular formula is C8H9N3OS3. The van der Waals surface area contributed by atoms with Gasteiger partial charge in [-0.1, -0.05) is 0 Å². The minimum Gasteiger partial charge on any atom is -0.384 e. The van der Waals surface area contributed by atoms with Gasteiger partial charge in [-0.25, -0.2) is 9.97 Å². The molecule has 0 fully saturated rings. The Bertz CT molecular complexity index is 401. The van der Waals surface area contributed by atoms with E-state index >= 15 is 0 Å². The van der Waals surface area contributed by atoms with E-state index in [-0.39, 0.29) is 0 Å². The molecule has 0 unspecified atom stereocenters. The minimum absolute atomic E-state index is 0.665. The third kappa shape index (κ3) is 3.23. The molecule has 0 aliphatic carbocycles. The van der Waals surface area contributed by atoms with E-state index in [1.54, 1.807) is 36.4 Å². The fourth-order valence-electron chi connectivity index (χ4n) is 0.910. The third-order valence-electron chi connectivity index (χ3n) is 1.56. The van der Waals surface area contributed by atoms with Crippen molar-refractivity contribution < 1.29 is 4.74 Å². The standard InChI is InChI=1S/C8H9N3OS3/c1-12-4-2-6-10-8(15-11-6)14-7-9-3-5-13-7/h3,5H,2,4H2,1H3. The summed E-state index contributed by atoms with van der Waals surface area (Å²) in [6, 6.07) is 0. The summed E-state index contributed by atoms with van der Waals surface area (Å²) >= 11 is 4.58. The number of thiazole rings is 1. The van der Waals surface area contributed by atoms with Crippen molar-refractivity contribution in [3.63, 3.8) is 0 Å². The molecule has 0 atom stereocenters. The number of hydrogen-bond acceptors (Lipinski definition) is 7. The van der Waals surface area contributed by atoms with Crippen molar-refractivity contribution >= 4 is 34.6 Å². The summed E-state index contributed by atoms with van der Waals surface area (Å²) in [7, 11) is 1.68. The molecule has 0 aromatic carbocycles. The van der Waals surface area contributed by atoms with E-state index in [1.807, 2.05) is 5.38 Å². The Morgan fingerprint density at radius 1 is 1.47 bits per heavy atom. The molecule has 0 aliphatic heterocycles. The van der Waals surface area contributed by atoms with Gasteiger partial charge in [0.15, 0.2) is 8.68 Å². The van der Waals surface area contributed by atoms with Crippen LogP contribution in [0.4, 0.5) is 0 Å². The molecule has 0 saturated heterocycles. The molecule has 15 heavy (non-hydrogen) atoms. The summed E-state index contributed by atoms with van der Waals surface area (Å²) in [5, 5.41) is 1.95. The number of ether oxygens (including phenoxy) is 1. The molecule has 4 nitrogen and oxygen atoms in total. The highest BCUT2D eigenvalue weighted by molar-refractivity contribution is 8.02. The van der Waals surface area contributed by atoms with Gasteiger partial charge in [0, 0.05) is 25.1 Å². The zero-order chi connectivity index (χ0) is 10.5. The fraction of sp³-hybridized carbons (Fsp3) is 0.375. The van der Waals surface area contributed by atoms with Gasteiger partial charge in [-0.15, -0.1) is 11.3 Å². The average Bonchev–Trinajstić information content (AvgIpc) is 2.87. The topological polar surface area (TPSA) is 47.9 Å². The number of nitrogens with zero attached hydrogens (tertiary/aromatic N) is 3. The predicted molar refractivity (Wildman–Crippen MR) is 61.7 cm³/mol. The van der Waals surface area contributed by atoms with Crippen molar-refractivity contribution in [3.8, 4) is 0 Å². The summed E-state index contributed by atoms with van der Waals surface area (Å²) < 4.78 is 11.2. The van der Waals surface area contributed by atoms with Crippen LogP contribution < -0.4 is 0 Å². The van der Waals surface area contributed by atoms with Crippen LogP contribution in [0.1, 0.15) is 5.82 Å². The van der Waals surface area contributed by atoms with Crippen molar-refractivity contribution in [3.05, 3.63) is 17.4 Å². The van der Waals surface area contributed by atoms with Crippen LogP contribution in [-0.2, 0) is 11.2 Å². The van der Waals surface area contributed by atoms with Gasteiger partial charge >= 0.3 is 0 Å². The molecule has 80 valence electrons. The molecule has 0 bridgehead atoms. The van der Waals surface area contributed by atoms with Crippen molar-refractivity contribution in [2.24, 2.45) is 0 Å². The quantitative estimate of drug-likeness (QED) is 0.825. The van der Waals surface area contributed by atoms with E-state index in [9.17, 15) is 0 Å². The maximum Gasteiger partial charge on any atom is 0.177 e. The molecule has 0 radical (unpaired) electrons. The lowest BCUT2D eigenvalue weighted by Gasteiger charge is -1.91. The Morgan fingerprint density at radius 2 is 2.40 bits per heavy atom. The van der Waals surface area contributed by atoms with E-state index in [2.05, 4.69) is 14.3 Å². The van der Waals surface area contributed by atoms with E-state index in [4.69, 9.17) is 4.74 Å². The zero-order valence-corrected chi connectivity index (χ0v) is 10.5. The van der Waals surface area contributed by atoms with E-state index in [1.165, 1.54) is 11.5 Å². The lowest BCUT2D eigenvalue weighted by molar-refractivity contribution is 0.200. The van der Waals surface area contributed by atoms with Crippen LogP contribution in [0.25, 0.3) is 0 Å². The van der Waals surface area contributed by atoms with Crippen molar-refractivity contribution in [2.45, 2.75) is 15.1 Å². The van der Waals surface area contributed by atoms with E-state index in [0.717, 1.165) is 20.9 Å². The molecule has 2 aromatic rings. The normalized spacial score (nSPS) is 10.7. The Morgan fingerprint density at radius 3 is 3.13 bits per heavy atom. The van der Waals surface area contributed by atoms with Crippen molar-refractivity contribution in [1.82, 2.24) is 14.3 Å². The average molecular weight is 259 g/mol. The molecule has 0 amide bonds. The Balaban J connectivity index is 1.95. The molecule has 2 aromatic heterocycles.